The van der Waals surface area contributed by atoms with Gasteiger partial charge in [-0.1, -0.05) is 0 Å². The molecule has 92 valence electrons. The van der Waals surface area contributed by atoms with Gasteiger partial charge in [-0.3, -0.25) is 4.79 Å². The monoisotopic (exact) mass is 246 g/mol. The van der Waals surface area contributed by atoms with Crippen LogP contribution in [0, 0.1) is 5.92 Å². The molecule has 1 atom stereocenters. The Bertz CT molecular complexity index is 260. The van der Waals surface area contributed by atoms with Crippen molar-refractivity contribution in [1.29, 1.82) is 0 Å². The number of carboxylic acid groups (broad SMARTS) is 1. The first-order valence-electron chi connectivity index (χ1n) is 5.39. The first kappa shape index (κ1) is 13.2. The molecule has 0 saturated carbocycles. The van der Waals surface area contributed by atoms with E-state index < -0.39 is 11.9 Å². The van der Waals surface area contributed by atoms with Gasteiger partial charge in [0.2, 0.25) is 0 Å². The number of carboxylic acids is 1. The molecule has 0 unspecified atom stereocenters. The highest BCUT2D eigenvalue weighted by atomic mass is 32.2. The number of urea groups is 1. The van der Waals surface area contributed by atoms with Crippen LogP contribution in [-0.4, -0.2) is 53.6 Å². The molecule has 1 fully saturated rings. The number of aliphatic carboxylic acids is 1. The van der Waals surface area contributed by atoms with E-state index in [1.807, 2.05) is 6.26 Å². The molecule has 0 aromatic heterocycles. The fraction of sp³-hybridized carbons (Fsp3) is 0.800. The first-order valence-corrected chi connectivity index (χ1v) is 6.79. The minimum Gasteiger partial charge on any atom is -0.481 e. The van der Waals surface area contributed by atoms with Gasteiger partial charge in [0.15, 0.2) is 0 Å². The number of carbonyl (C=O) groups is 2. The van der Waals surface area contributed by atoms with Gasteiger partial charge in [0, 0.05) is 25.4 Å². The molecule has 2 N–H and O–H groups in total. The Morgan fingerprint density at radius 1 is 1.56 bits per heavy atom. The lowest BCUT2D eigenvalue weighted by atomic mass is 9.99. The fourth-order valence-corrected chi connectivity index (χ4v) is 2.04. The summed E-state index contributed by atoms with van der Waals surface area (Å²) in [5.74, 6) is -0.330. The largest absolute Gasteiger partial charge is 0.481 e. The van der Waals surface area contributed by atoms with Crippen molar-refractivity contribution >= 4 is 23.8 Å². The molecule has 0 aliphatic carbocycles. The molecule has 0 spiro atoms. The zero-order valence-corrected chi connectivity index (χ0v) is 10.3. The number of hydrogen-bond acceptors (Lipinski definition) is 3. The molecule has 0 radical (unpaired) electrons. The molecule has 1 heterocycles. The van der Waals surface area contributed by atoms with Gasteiger partial charge in [-0.05, 0) is 19.1 Å². The van der Waals surface area contributed by atoms with E-state index in [0.29, 0.717) is 26.1 Å². The molecule has 1 aliphatic heterocycles. The zero-order chi connectivity index (χ0) is 12.0. The van der Waals surface area contributed by atoms with Gasteiger partial charge in [-0.2, -0.15) is 11.8 Å². The lowest BCUT2D eigenvalue weighted by molar-refractivity contribution is -0.143. The molecule has 1 aliphatic rings. The number of carbonyl (C=O) groups excluding carboxylic acids is 1. The van der Waals surface area contributed by atoms with E-state index in [2.05, 4.69) is 5.32 Å². The Balaban J connectivity index is 2.35. The third kappa shape index (κ3) is 3.92. The molecular weight excluding hydrogens is 228 g/mol. The molecule has 1 saturated heterocycles. The second kappa shape index (κ2) is 6.62. The van der Waals surface area contributed by atoms with E-state index in [-0.39, 0.29) is 6.03 Å². The van der Waals surface area contributed by atoms with Crippen LogP contribution in [0.2, 0.25) is 0 Å². The van der Waals surface area contributed by atoms with Gasteiger partial charge in [0.25, 0.3) is 0 Å². The predicted molar refractivity (Wildman–Crippen MR) is 63.7 cm³/mol. The van der Waals surface area contributed by atoms with E-state index in [9.17, 15) is 9.59 Å². The highest BCUT2D eigenvalue weighted by Crippen LogP contribution is 2.16. The Labute approximate surface area is 99.6 Å². The van der Waals surface area contributed by atoms with Gasteiger partial charge in [0.05, 0.1) is 5.92 Å². The minimum absolute atomic E-state index is 0.139. The normalized spacial score (nSPS) is 20.6. The van der Waals surface area contributed by atoms with Crippen molar-refractivity contribution in [1.82, 2.24) is 10.2 Å². The van der Waals surface area contributed by atoms with Crippen LogP contribution in [-0.2, 0) is 4.79 Å². The molecule has 16 heavy (non-hydrogen) atoms. The fourth-order valence-electron chi connectivity index (χ4n) is 1.74. The second-order valence-electron chi connectivity index (χ2n) is 3.85. The summed E-state index contributed by atoms with van der Waals surface area (Å²) in [7, 11) is 0. The summed E-state index contributed by atoms with van der Waals surface area (Å²) < 4.78 is 0. The van der Waals surface area contributed by atoms with Crippen LogP contribution in [0.1, 0.15) is 12.8 Å². The second-order valence-corrected chi connectivity index (χ2v) is 4.83. The van der Waals surface area contributed by atoms with E-state index >= 15 is 0 Å². The van der Waals surface area contributed by atoms with Gasteiger partial charge < -0.3 is 15.3 Å². The highest BCUT2D eigenvalue weighted by Gasteiger charge is 2.27. The van der Waals surface area contributed by atoms with Gasteiger partial charge in [0.1, 0.15) is 0 Å². The van der Waals surface area contributed by atoms with Gasteiger partial charge >= 0.3 is 12.0 Å². The maximum absolute atomic E-state index is 11.7. The third-order valence-corrected chi connectivity index (χ3v) is 3.25. The van der Waals surface area contributed by atoms with E-state index in [1.165, 1.54) is 0 Å². The van der Waals surface area contributed by atoms with E-state index in [1.54, 1.807) is 16.7 Å². The summed E-state index contributed by atoms with van der Waals surface area (Å²) in [6.45, 7) is 1.63. The summed E-state index contributed by atoms with van der Waals surface area (Å²) in [4.78, 5) is 24.1. The molecule has 0 bridgehead atoms. The third-order valence-electron chi connectivity index (χ3n) is 2.64. The van der Waals surface area contributed by atoms with Crippen molar-refractivity contribution in [3.05, 3.63) is 0 Å². The number of hydrogen-bond donors (Lipinski definition) is 2. The van der Waals surface area contributed by atoms with Crippen LogP contribution < -0.4 is 5.32 Å². The van der Waals surface area contributed by atoms with Crippen LogP contribution in [0.25, 0.3) is 0 Å². The molecular formula is C10H18N2O3S. The van der Waals surface area contributed by atoms with Crippen LogP contribution in [0.3, 0.4) is 0 Å². The topological polar surface area (TPSA) is 69.6 Å². The van der Waals surface area contributed by atoms with Crippen LogP contribution in [0.5, 0.6) is 0 Å². The average Bonchev–Trinajstić information content (AvgIpc) is 2.29. The van der Waals surface area contributed by atoms with Gasteiger partial charge in [-0.15, -0.1) is 0 Å². The first-order chi connectivity index (χ1) is 7.65. The summed E-state index contributed by atoms with van der Waals surface area (Å²) in [6, 6.07) is -0.139. The molecule has 5 nitrogen and oxygen atoms in total. The number of amides is 2. The van der Waals surface area contributed by atoms with E-state index in [4.69, 9.17) is 5.11 Å². The molecule has 2 amide bonds. The lowest BCUT2D eigenvalue weighted by Gasteiger charge is -2.30. The Kier molecular flexibility index (Phi) is 5.45. The Hall–Kier alpha value is -0.910. The van der Waals surface area contributed by atoms with Crippen LogP contribution in [0.4, 0.5) is 4.79 Å². The molecule has 0 aromatic rings. The number of piperidine rings is 1. The maximum Gasteiger partial charge on any atom is 0.317 e. The maximum atomic E-state index is 11.7. The van der Waals surface area contributed by atoms with Crippen molar-refractivity contribution in [2.45, 2.75) is 12.8 Å². The predicted octanol–water partition coefficient (Wildman–Crippen LogP) is 0.856. The van der Waals surface area contributed by atoms with E-state index in [0.717, 1.165) is 12.2 Å². The number of rotatable bonds is 4. The number of nitrogens with one attached hydrogen (secondary N) is 1. The average molecular weight is 246 g/mol. The zero-order valence-electron chi connectivity index (χ0n) is 9.44. The smallest absolute Gasteiger partial charge is 0.317 e. The van der Waals surface area contributed by atoms with Crippen molar-refractivity contribution in [2.24, 2.45) is 5.92 Å². The minimum atomic E-state index is -0.804. The number of nitrogens with zero attached hydrogens (tertiary/aromatic N) is 1. The summed E-state index contributed by atoms with van der Waals surface area (Å²) in [5, 5.41) is 11.7. The Morgan fingerprint density at radius 2 is 2.31 bits per heavy atom. The molecule has 1 rings (SSSR count). The number of thioether (sulfide) groups is 1. The molecule has 6 heteroatoms. The summed E-state index contributed by atoms with van der Waals surface area (Å²) in [6.07, 6.45) is 3.42. The van der Waals surface area contributed by atoms with Gasteiger partial charge in [-0.25, -0.2) is 4.79 Å². The quantitative estimate of drug-likeness (QED) is 0.722. The van der Waals surface area contributed by atoms with Crippen molar-refractivity contribution in [3.8, 4) is 0 Å². The van der Waals surface area contributed by atoms with Crippen molar-refractivity contribution < 1.29 is 14.7 Å². The summed E-state index contributed by atoms with van der Waals surface area (Å²) >= 11 is 1.67. The van der Waals surface area contributed by atoms with Crippen LogP contribution >= 0.6 is 11.8 Å². The number of likely N-dealkylation sites (tertiary alicyclic amines) is 1. The lowest BCUT2D eigenvalue weighted by Crippen LogP contribution is -2.47. The summed E-state index contributed by atoms with van der Waals surface area (Å²) in [5.41, 5.74) is 0. The standard InChI is InChI=1S/C10H18N2O3S/c1-16-6-4-11-10(15)12-5-2-3-8(7-12)9(13)14/h8H,2-7H2,1H3,(H,11,15)(H,13,14)/t8-/m0/s1. The van der Waals surface area contributed by atoms with Crippen molar-refractivity contribution in [3.63, 3.8) is 0 Å². The SMILES string of the molecule is CSCCNC(=O)N1CCC[C@H](C(=O)O)C1. The Morgan fingerprint density at radius 3 is 2.94 bits per heavy atom. The highest BCUT2D eigenvalue weighted by molar-refractivity contribution is 7.98. The molecule has 0 aromatic carbocycles. The van der Waals surface area contributed by atoms with Crippen LogP contribution in [0.15, 0.2) is 0 Å². The van der Waals surface area contributed by atoms with Crippen molar-refractivity contribution in [2.75, 3.05) is 31.6 Å².